The molecule has 1 saturated carbocycles. The van der Waals surface area contributed by atoms with Crippen molar-refractivity contribution < 1.29 is 0 Å². The van der Waals surface area contributed by atoms with E-state index < -0.39 is 0 Å². The van der Waals surface area contributed by atoms with Gasteiger partial charge in [-0.2, -0.15) is 5.10 Å². The molecule has 0 aliphatic heterocycles. The van der Waals surface area contributed by atoms with Crippen molar-refractivity contribution in [2.45, 2.75) is 65.0 Å². The van der Waals surface area contributed by atoms with Gasteiger partial charge in [0, 0.05) is 18.5 Å². The molecule has 1 aliphatic rings. The number of nitrogens with two attached hydrogens (primary N) is 1. The van der Waals surface area contributed by atoms with Crippen molar-refractivity contribution in [2.75, 3.05) is 0 Å². The summed E-state index contributed by atoms with van der Waals surface area (Å²) in [6.45, 7) is 6.58. The quantitative estimate of drug-likeness (QED) is 0.893. The van der Waals surface area contributed by atoms with Gasteiger partial charge in [-0.25, -0.2) is 9.67 Å². The molecule has 0 spiro atoms. The molecule has 1 aromatic heterocycles. The first-order valence-corrected chi connectivity index (χ1v) is 7.25. The van der Waals surface area contributed by atoms with Gasteiger partial charge < -0.3 is 5.73 Å². The summed E-state index contributed by atoms with van der Waals surface area (Å²) in [6.07, 6.45) is 7.64. The van der Waals surface area contributed by atoms with E-state index in [-0.39, 0.29) is 0 Å². The van der Waals surface area contributed by atoms with E-state index in [1.165, 1.54) is 25.7 Å². The van der Waals surface area contributed by atoms with Crippen LogP contribution in [0.1, 0.15) is 58.3 Å². The number of rotatable bonds is 4. The van der Waals surface area contributed by atoms with Crippen molar-refractivity contribution in [1.29, 1.82) is 0 Å². The van der Waals surface area contributed by atoms with E-state index in [1.807, 2.05) is 4.68 Å². The number of aromatic nitrogens is 3. The minimum absolute atomic E-state index is 0.338. The maximum absolute atomic E-state index is 6.28. The van der Waals surface area contributed by atoms with Gasteiger partial charge in [-0.1, -0.05) is 13.3 Å². The van der Waals surface area contributed by atoms with Gasteiger partial charge in [-0.3, -0.25) is 0 Å². The van der Waals surface area contributed by atoms with Crippen LogP contribution < -0.4 is 5.73 Å². The maximum Gasteiger partial charge on any atom is 0.138 e. The molecule has 4 heteroatoms. The van der Waals surface area contributed by atoms with Crippen LogP contribution in [0.15, 0.2) is 6.33 Å². The molecule has 0 bridgehead atoms. The van der Waals surface area contributed by atoms with E-state index in [1.54, 1.807) is 6.33 Å². The third-order valence-corrected chi connectivity index (χ3v) is 4.31. The van der Waals surface area contributed by atoms with Crippen LogP contribution in [-0.2, 0) is 6.42 Å². The fourth-order valence-corrected chi connectivity index (χ4v) is 3.08. The highest BCUT2D eigenvalue weighted by molar-refractivity contribution is 4.94. The van der Waals surface area contributed by atoms with E-state index in [2.05, 4.69) is 30.9 Å². The standard InChI is InChI=1S/C14H26N4/c1-4-11-5-6-13(15)12(7-11)8-14-16-9-17-18(14)10(2)3/h9-13H,4-8,15H2,1-3H3. The van der Waals surface area contributed by atoms with Crippen LogP contribution in [0.4, 0.5) is 0 Å². The second-order valence-electron chi connectivity index (χ2n) is 5.93. The molecule has 18 heavy (non-hydrogen) atoms. The Hall–Kier alpha value is -0.900. The largest absolute Gasteiger partial charge is 0.327 e. The highest BCUT2D eigenvalue weighted by atomic mass is 15.3. The van der Waals surface area contributed by atoms with Crippen LogP contribution in [0.3, 0.4) is 0 Å². The first-order chi connectivity index (χ1) is 8.61. The molecule has 1 heterocycles. The van der Waals surface area contributed by atoms with Crippen LogP contribution in [0, 0.1) is 11.8 Å². The summed E-state index contributed by atoms with van der Waals surface area (Å²) in [5.41, 5.74) is 6.28. The van der Waals surface area contributed by atoms with Crippen molar-refractivity contribution in [3.05, 3.63) is 12.2 Å². The number of hydrogen-bond donors (Lipinski definition) is 1. The van der Waals surface area contributed by atoms with Crippen LogP contribution >= 0.6 is 0 Å². The zero-order chi connectivity index (χ0) is 13.1. The monoisotopic (exact) mass is 250 g/mol. The third-order valence-electron chi connectivity index (χ3n) is 4.31. The Morgan fingerprint density at radius 3 is 2.89 bits per heavy atom. The van der Waals surface area contributed by atoms with E-state index in [4.69, 9.17) is 5.73 Å². The molecule has 1 aromatic rings. The Kier molecular flexibility index (Phi) is 4.38. The predicted octanol–water partition coefficient (Wildman–Crippen LogP) is 2.56. The lowest BCUT2D eigenvalue weighted by molar-refractivity contribution is 0.222. The summed E-state index contributed by atoms with van der Waals surface area (Å²) < 4.78 is 2.03. The highest BCUT2D eigenvalue weighted by Gasteiger charge is 2.28. The lowest BCUT2D eigenvalue weighted by Gasteiger charge is -2.33. The Balaban J connectivity index is 2.05. The van der Waals surface area contributed by atoms with Crippen LogP contribution in [-0.4, -0.2) is 20.8 Å². The second kappa shape index (κ2) is 5.83. The van der Waals surface area contributed by atoms with Crippen LogP contribution in [0.5, 0.6) is 0 Å². The average Bonchev–Trinajstić information content (AvgIpc) is 2.80. The number of nitrogens with zero attached hydrogens (tertiary/aromatic N) is 3. The smallest absolute Gasteiger partial charge is 0.138 e. The molecule has 0 aromatic carbocycles. The lowest BCUT2D eigenvalue weighted by Crippen LogP contribution is -2.37. The normalized spacial score (nSPS) is 28.8. The van der Waals surface area contributed by atoms with Crippen molar-refractivity contribution in [1.82, 2.24) is 14.8 Å². The van der Waals surface area contributed by atoms with Gasteiger partial charge in [0.05, 0.1) is 0 Å². The summed E-state index contributed by atoms with van der Waals surface area (Å²) >= 11 is 0. The topological polar surface area (TPSA) is 56.7 Å². The lowest BCUT2D eigenvalue weighted by atomic mass is 9.76. The Morgan fingerprint density at radius 1 is 1.44 bits per heavy atom. The van der Waals surface area contributed by atoms with Crippen molar-refractivity contribution >= 4 is 0 Å². The van der Waals surface area contributed by atoms with E-state index >= 15 is 0 Å². The Labute approximate surface area is 110 Å². The first-order valence-electron chi connectivity index (χ1n) is 7.25. The first kappa shape index (κ1) is 13.5. The van der Waals surface area contributed by atoms with Crippen molar-refractivity contribution in [2.24, 2.45) is 17.6 Å². The molecule has 0 saturated heterocycles. The number of hydrogen-bond acceptors (Lipinski definition) is 3. The van der Waals surface area contributed by atoms with Gasteiger partial charge in [0.25, 0.3) is 0 Å². The van der Waals surface area contributed by atoms with Crippen molar-refractivity contribution in [3.63, 3.8) is 0 Å². The van der Waals surface area contributed by atoms with E-state index in [0.29, 0.717) is 18.0 Å². The van der Waals surface area contributed by atoms with E-state index in [0.717, 1.165) is 18.2 Å². The molecule has 2 N–H and O–H groups in total. The molecule has 102 valence electrons. The van der Waals surface area contributed by atoms with Gasteiger partial charge in [-0.15, -0.1) is 0 Å². The van der Waals surface area contributed by atoms with Gasteiger partial charge in [0.15, 0.2) is 0 Å². The zero-order valence-electron chi connectivity index (χ0n) is 11.8. The summed E-state index contributed by atoms with van der Waals surface area (Å²) in [7, 11) is 0. The summed E-state index contributed by atoms with van der Waals surface area (Å²) in [5, 5.41) is 4.31. The molecule has 3 atom stereocenters. The second-order valence-corrected chi connectivity index (χ2v) is 5.93. The summed E-state index contributed by atoms with van der Waals surface area (Å²) in [4.78, 5) is 4.41. The molecule has 3 unspecified atom stereocenters. The fourth-order valence-electron chi connectivity index (χ4n) is 3.08. The van der Waals surface area contributed by atoms with Gasteiger partial charge in [0.1, 0.15) is 12.2 Å². The average molecular weight is 250 g/mol. The molecule has 2 rings (SSSR count). The predicted molar refractivity (Wildman–Crippen MR) is 73.2 cm³/mol. The van der Waals surface area contributed by atoms with Gasteiger partial charge >= 0.3 is 0 Å². The van der Waals surface area contributed by atoms with Crippen molar-refractivity contribution in [3.8, 4) is 0 Å². The Morgan fingerprint density at radius 2 is 2.22 bits per heavy atom. The minimum atomic E-state index is 0.338. The Bertz CT molecular complexity index is 372. The molecular formula is C14H26N4. The third kappa shape index (κ3) is 2.91. The SMILES string of the molecule is CCC1CCC(N)C(Cc2ncnn2C(C)C)C1. The zero-order valence-corrected chi connectivity index (χ0v) is 11.8. The molecule has 1 fully saturated rings. The minimum Gasteiger partial charge on any atom is -0.327 e. The summed E-state index contributed by atoms with van der Waals surface area (Å²) in [6, 6.07) is 0.717. The van der Waals surface area contributed by atoms with Gasteiger partial charge in [0.2, 0.25) is 0 Å². The fraction of sp³-hybridized carbons (Fsp3) is 0.857. The molecule has 1 aliphatic carbocycles. The molecule has 0 amide bonds. The van der Waals surface area contributed by atoms with Crippen LogP contribution in [0.25, 0.3) is 0 Å². The highest BCUT2D eigenvalue weighted by Crippen LogP contribution is 2.32. The maximum atomic E-state index is 6.28. The molecule has 4 nitrogen and oxygen atoms in total. The van der Waals surface area contributed by atoms with Gasteiger partial charge in [-0.05, 0) is 44.9 Å². The van der Waals surface area contributed by atoms with E-state index in [9.17, 15) is 0 Å². The summed E-state index contributed by atoms with van der Waals surface area (Å²) in [5.74, 6) is 2.53. The molecular weight excluding hydrogens is 224 g/mol. The molecule has 0 radical (unpaired) electrons. The van der Waals surface area contributed by atoms with Crippen LogP contribution in [0.2, 0.25) is 0 Å².